The number of H-pyrrole nitrogens is 1. The summed E-state index contributed by atoms with van der Waals surface area (Å²) < 4.78 is 1.05. The summed E-state index contributed by atoms with van der Waals surface area (Å²) in [5.41, 5.74) is 2.76. The van der Waals surface area contributed by atoms with Gasteiger partial charge in [0, 0.05) is 10.2 Å². The number of aromatic nitrogens is 2. The van der Waals surface area contributed by atoms with Crippen LogP contribution in [0.2, 0.25) is 0 Å². The van der Waals surface area contributed by atoms with E-state index in [0.29, 0.717) is 23.3 Å². The van der Waals surface area contributed by atoms with Gasteiger partial charge in [-0.1, -0.05) is 34.1 Å². The van der Waals surface area contributed by atoms with E-state index in [-0.39, 0.29) is 5.56 Å². The third-order valence-corrected chi connectivity index (χ3v) is 4.15. The first-order chi connectivity index (χ1) is 10.1. The molecule has 1 aromatic heterocycles. The summed E-state index contributed by atoms with van der Waals surface area (Å²) in [5.74, 6) is 0.621. The molecule has 0 aliphatic rings. The van der Waals surface area contributed by atoms with Crippen molar-refractivity contribution in [3.8, 4) is 0 Å². The lowest BCUT2D eigenvalue weighted by atomic mass is 10.2. The van der Waals surface area contributed by atoms with Crippen LogP contribution in [-0.4, -0.2) is 9.97 Å². The van der Waals surface area contributed by atoms with Crippen molar-refractivity contribution in [2.24, 2.45) is 0 Å². The van der Waals surface area contributed by atoms with Gasteiger partial charge in [0.05, 0.1) is 17.4 Å². The molecule has 0 unspecified atom stereocenters. The lowest BCUT2D eigenvalue weighted by Crippen LogP contribution is -2.14. The third kappa shape index (κ3) is 2.97. The van der Waals surface area contributed by atoms with Crippen molar-refractivity contribution in [2.45, 2.75) is 13.5 Å². The predicted octanol–water partition coefficient (Wildman–Crippen LogP) is 3.61. The number of halogens is 1. The summed E-state index contributed by atoms with van der Waals surface area (Å²) in [7, 11) is 0. The number of aromatic amines is 1. The molecule has 5 heteroatoms. The molecule has 0 bridgehead atoms. The zero-order valence-electron chi connectivity index (χ0n) is 11.5. The van der Waals surface area contributed by atoms with Crippen LogP contribution in [0.3, 0.4) is 0 Å². The molecule has 3 rings (SSSR count). The smallest absolute Gasteiger partial charge is 0.258 e. The molecule has 0 aliphatic carbocycles. The van der Waals surface area contributed by atoms with Crippen molar-refractivity contribution >= 4 is 32.5 Å². The first kappa shape index (κ1) is 13.8. The third-order valence-electron chi connectivity index (χ3n) is 3.29. The van der Waals surface area contributed by atoms with E-state index < -0.39 is 0 Å². The van der Waals surface area contributed by atoms with E-state index in [9.17, 15) is 4.79 Å². The van der Waals surface area contributed by atoms with Crippen molar-refractivity contribution in [3.05, 3.63) is 68.7 Å². The molecule has 1 heterocycles. The predicted molar refractivity (Wildman–Crippen MR) is 88.6 cm³/mol. The van der Waals surface area contributed by atoms with Crippen molar-refractivity contribution in [3.63, 3.8) is 0 Å². The molecule has 0 fully saturated rings. The van der Waals surface area contributed by atoms with Crippen LogP contribution in [0, 0.1) is 6.92 Å². The summed E-state index contributed by atoms with van der Waals surface area (Å²) in [6.45, 7) is 2.51. The Bertz CT molecular complexity index is 858. The van der Waals surface area contributed by atoms with E-state index >= 15 is 0 Å². The number of nitrogens with one attached hydrogen (secondary N) is 2. The Hall–Kier alpha value is -2.14. The average Bonchev–Trinajstić information content (AvgIpc) is 2.49. The zero-order chi connectivity index (χ0) is 14.8. The van der Waals surface area contributed by atoms with Crippen LogP contribution in [0.15, 0.2) is 51.7 Å². The molecular formula is C16H14BrN3O. The maximum atomic E-state index is 12.0. The summed E-state index contributed by atoms with van der Waals surface area (Å²) in [5, 5.41) is 3.87. The lowest BCUT2D eigenvalue weighted by Gasteiger charge is -2.08. The van der Waals surface area contributed by atoms with Gasteiger partial charge in [-0.2, -0.15) is 0 Å². The van der Waals surface area contributed by atoms with Crippen molar-refractivity contribution in [1.82, 2.24) is 9.97 Å². The van der Waals surface area contributed by atoms with Gasteiger partial charge in [0.2, 0.25) is 0 Å². The Morgan fingerprint density at radius 3 is 2.86 bits per heavy atom. The zero-order valence-corrected chi connectivity index (χ0v) is 13.1. The van der Waals surface area contributed by atoms with Crippen molar-refractivity contribution in [2.75, 3.05) is 5.32 Å². The summed E-state index contributed by atoms with van der Waals surface area (Å²) >= 11 is 3.50. The first-order valence-corrected chi connectivity index (χ1v) is 7.41. The van der Waals surface area contributed by atoms with E-state index in [1.165, 1.54) is 5.56 Å². The molecule has 0 radical (unpaired) electrons. The molecule has 106 valence electrons. The Labute approximate surface area is 130 Å². The van der Waals surface area contributed by atoms with E-state index in [2.05, 4.69) is 31.2 Å². The molecule has 0 saturated heterocycles. The number of benzene rings is 2. The second-order valence-corrected chi connectivity index (χ2v) is 5.70. The van der Waals surface area contributed by atoms with Gasteiger partial charge in [-0.3, -0.25) is 4.79 Å². The molecule has 0 amide bonds. The maximum Gasteiger partial charge on any atom is 0.258 e. The van der Waals surface area contributed by atoms with Gasteiger partial charge < -0.3 is 10.3 Å². The van der Waals surface area contributed by atoms with Crippen molar-refractivity contribution < 1.29 is 0 Å². The Balaban J connectivity index is 1.85. The molecular weight excluding hydrogens is 330 g/mol. The number of rotatable bonds is 3. The van der Waals surface area contributed by atoms with Gasteiger partial charge in [0.1, 0.15) is 5.82 Å². The van der Waals surface area contributed by atoms with Crippen LogP contribution in [-0.2, 0) is 6.54 Å². The highest BCUT2D eigenvalue weighted by Crippen LogP contribution is 2.20. The van der Waals surface area contributed by atoms with Gasteiger partial charge >= 0.3 is 0 Å². The van der Waals surface area contributed by atoms with Crippen LogP contribution in [0.4, 0.5) is 5.69 Å². The van der Waals surface area contributed by atoms with E-state index in [1.54, 1.807) is 6.07 Å². The van der Waals surface area contributed by atoms with Gasteiger partial charge in [-0.05, 0) is 36.8 Å². The summed E-state index contributed by atoms with van der Waals surface area (Å²) in [4.78, 5) is 19.2. The largest absolute Gasteiger partial charge is 0.378 e. The van der Waals surface area contributed by atoms with Crippen LogP contribution in [0.5, 0.6) is 0 Å². The fraction of sp³-hybridized carbons (Fsp3) is 0.125. The summed E-state index contributed by atoms with van der Waals surface area (Å²) in [6.07, 6.45) is 0. The van der Waals surface area contributed by atoms with Gasteiger partial charge in [0.15, 0.2) is 0 Å². The first-order valence-electron chi connectivity index (χ1n) is 6.61. The van der Waals surface area contributed by atoms with Crippen LogP contribution >= 0.6 is 15.9 Å². The second kappa shape index (κ2) is 5.69. The normalized spacial score (nSPS) is 10.8. The fourth-order valence-corrected chi connectivity index (χ4v) is 2.49. The molecule has 0 saturated carbocycles. The number of hydrogen-bond donors (Lipinski definition) is 2. The number of hydrogen-bond acceptors (Lipinski definition) is 3. The SMILES string of the molecule is Cc1ccc(NCc2nc3ccccc3c(=O)[nH]2)cc1Br. The number of nitrogens with zero attached hydrogens (tertiary/aromatic N) is 1. The Morgan fingerprint density at radius 1 is 1.24 bits per heavy atom. The summed E-state index contributed by atoms with van der Waals surface area (Å²) in [6, 6.07) is 13.4. The minimum absolute atomic E-state index is 0.109. The van der Waals surface area contributed by atoms with E-state index in [1.807, 2.05) is 43.3 Å². The molecule has 2 N–H and O–H groups in total. The van der Waals surface area contributed by atoms with Crippen LogP contribution in [0.1, 0.15) is 11.4 Å². The molecule has 2 aromatic carbocycles. The Morgan fingerprint density at radius 2 is 2.05 bits per heavy atom. The molecule has 3 aromatic rings. The number of aryl methyl sites for hydroxylation is 1. The van der Waals surface area contributed by atoms with E-state index in [4.69, 9.17) is 0 Å². The van der Waals surface area contributed by atoms with Crippen LogP contribution < -0.4 is 10.9 Å². The number of fused-ring (bicyclic) bond motifs is 1. The van der Waals surface area contributed by atoms with Gasteiger partial charge in [-0.15, -0.1) is 0 Å². The molecule has 0 aliphatic heterocycles. The standard InChI is InChI=1S/C16H14BrN3O/c1-10-6-7-11(8-13(10)17)18-9-15-19-14-5-3-2-4-12(14)16(21)20-15/h2-8,18H,9H2,1H3,(H,19,20,21). The topological polar surface area (TPSA) is 57.8 Å². The molecule has 0 atom stereocenters. The quantitative estimate of drug-likeness (QED) is 0.763. The van der Waals surface area contributed by atoms with Crippen LogP contribution in [0.25, 0.3) is 10.9 Å². The highest BCUT2D eigenvalue weighted by atomic mass is 79.9. The minimum atomic E-state index is -0.109. The second-order valence-electron chi connectivity index (χ2n) is 4.85. The van der Waals surface area contributed by atoms with E-state index in [0.717, 1.165) is 10.2 Å². The lowest BCUT2D eigenvalue weighted by molar-refractivity contribution is 0.953. The highest BCUT2D eigenvalue weighted by molar-refractivity contribution is 9.10. The van der Waals surface area contributed by atoms with Gasteiger partial charge in [0.25, 0.3) is 5.56 Å². The Kier molecular flexibility index (Phi) is 3.75. The van der Waals surface area contributed by atoms with Gasteiger partial charge in [-0.25, -0.2) is 4.98 Å². The number of anilines is 1. The maximum absolute atomic E-state index is 12.0. The fourth-order valence-electron chi connectivity index (χ4n) is 2.11. The molecule has 4 nitrogen and oxygen atoms in total. The molecule has 0 spiro atoms. The molecule has 21 heavy (non-hydrogen) atoms. The monoisotopic (exact) mass is 343 g/mol. The minimum Gasteiger partial charge on any atom is -0.378 e. The highest BCUT2D eigenvalue weighted by Gasteiger charge is 2.03. The number of para-hydroxylation sites is 1. The van der Waals surface area contributed by atoms with Crippen molar-refractivity contribution in [1.29, 1.82) is 0 Å². The average molecular weight is 344 g/mol.